The molecule has 11 heteroatoms. The van der Waals surface area contributed by atoms with Crippen LogP contribution in [-0.4, -0.2) is 53.5 Å². The number of nitrogens with two attached hydrogens (primary N) is 1. The third-order valence-electron chi connectivity index (χ3n) is 7.60. The summed E-state index contributed by atoms with van der Waals surface area (Å²) in [4.78, 5) is 19.4. The number of hydroxylamine groups is 1. The number of rotatable bonds is 11. The Morgan fingerprint density at radius 1 is 1.23 bits per heavy atom. The minimum atomic E-state index is -1.20. The molecule has 2 aromatic carbocycles. The molecule has 1 amide bonds. The van der Waals surface area contributed by atoms with Crippen molar-refractivity contribution in [2.75, 3.05) is 32.5 Å². The number of aryl methyl sites for hydroxylation is 1. The number of methoxy groups -OCH3 is 1. The molecule has 0 saturated carbocycles. The topological polar surface area (TPSA) is 101 Å². The summed E-state index contributed by atoms with van der Waals surface area (Å²) < 4.78 is 46.2. The van der Waals surface area contributed by atoms with Crippen molar-refractivity contribution in [1.82, 2.24) is 15.4 Å². The zero-order valence-corrected chi connectivity index (χ0v) is 22.6. The largest absolute Gasteiger partial charge is 0.497 e. The first-order chi connectivity index (χ1) is 18.8. The van der Waals surface area contributed by atoms with Crippen molar-refractivity contribution in [3.8, 4) is 5.75 Å². The van der Waals surface area contributed by atoms with Gasteiger partial charge in [0.1, 0.15) is 11.6 Å². The zero-order valence-electron chi connectivity index (χ0n) is 21.8. The SMILES string of the molecule is COc1ccc2ncc(CN)c(CCCC3(C(=O)NO)CCN(CCSc4cc(F)cc(F)c4F)CC3)c2c1. The standard InChI is InChI=1S/C28H33F3N4O3S/c1-38-20-4-5-24-22(15-20)21(18(16-32)17-33-24)3-2-6-28(27(36)34-37)7-9-35(10-8-28)11-12-39-25-14-19(29)13-23(30)26(25)31/h4-5,13-15,17,37H,2-3,6-12,16,32H2,1H3,(H,34,36). The first-order valence-electron chi connectivity index (χ1n) is 12.9. The second kappa shape index (κ2) is 13.0. The number of piperidine rings is 1. The Morgan fingerprint density at radius 3 is 2.69 bits per heavy atom. The Kier molecular flexibility index (Phi) is 9.71. The van der Waals surface area contributed by atoms with Gasteiger partial charge in [-0.05, 0) is 80.6 Å². The van der Waals surface area contributed by atoms with Crippen LogP contribution < -0.4 is 16.0 Å². The van der Waals surface area contributed by atoms with Gasteiger partial charge >= 0.3 is 0 Å². The van der Waals surface area contributed by atoms with Crippen molar-refractivity contribution in [2.24, 2.45) is 11.1 Å². The predicted molar refractivity (Wildman–Crippen MR) is 144 cm³/mol. The lowest BCUT2D eigenvalue weighted by Crippen LogP contribution is -2.48. The van der Waals surface area contributed by atoms with Crippen LogP contribution in [0.15, 0.2) is 41.4 Å². The van der Waals surface area contributed by atoms with E-state index in [0.29, 0.717) is 70.1 Å². The molecule has 39 heavy (non-hydrogen) atoms. The molecule has 1 aliphatic rings. The molecule has 4 rings (SSSR count). The Hall–Kier alpha value is -2.86. The second-order valence-electron chi connectivity index (χ2n) is 9.81. The van der Waals surface area contributed by atoms with Crippen LogP contribution in [0.2, 0.25) is 0 Å². The minimum Gasteiger partial charge on any atom is -0.497 e. The van der Waals surface area contributed by atoms with Gasteiger partial charge in [-0.25, -0.2) is 18.7 Å². The molecular formula is C28H33F3N4O3S. The van der Waals surface area contributed by atoms with Gasteiger partial charge in [0, 0.05) is 41.4 Å². The van der Waals surface area contributed by atoms with Crippen molar-refractivity contribution < 1.29 is 27.9 Å². The third-order valence-corrected chi connectivity index (χ3v) is 8.59. The van der Waals surface area contributed by atoms with E-state index in [-0.39, 0.29) is 4.90 Å². The van der Waals surface area contributed by atoms with E-state index in [4.69, 9.17) is 10.5 Å². The number of hydrogen-bond acceptors (Lipinski definition) is 7. The number of fused-ring (bicyclic) bond motifs is 1. The van der Waals surface area contributed by atoms with Crippen molar-refractivity contribution in [3.05, 3.63) is 65.1 Å². The average molecular weight is 563 g/mol. The maximum absolute atomic E-state index is 13.9. The van der Waals surface area contributed by atoms with E-state index in [9.17, 15) is 23.2 Å². The van der Waals surface area contributed by atoms with E-state index in [0.717, 1.165) is 45.6 Å². The summed E-state index contributed by atoms with van der Waals surface area (Å²) in [7, 11) is 1.61. The number of benzene rings is 2. The molecule has 4 N–H and O–H groups in total. The zero-order chi connectivity index (χ0) is 28.0. The van der Waals surface area contributed by atoms with Crippen LogP contribution in [-0.2, 0) is 17.8 Å². The molecule has 0 bridgehead atoms. The van der Waals surface area contributed by atoms with Gasteiger partial charge in [0.05, 0.1) is 18.0 Å². The van der Waals surface area contributed by atoms with Crippen LogP contribution in [0.4, 0.5) is 13.2 Å². The van der Waals surface area contributed by atoms with E-state index in [2.05, 4.69) is 9.88 Å². The quantitative estimate of drug-likeness (QED) is 0.133. The number of likely N-dealkylation sites (tertiary alicyclic amines) is 1. The second-order valence-corrected chi connectivity index (χ2v) is 11.0. The van der Waals surface area contributed by atoms with Gasteiger partial charge in [0.25, 0.3) is 0 Å². The number of pyridine rings is 1. The number of hydrogen-bond donors (Lipinski definition) is 3. The van der Waals surface area contributed by atoms with Gasteiger partial charge in [0.15, 0.2) is 11.6 Å². The molecule has 2 heterocycles. The maximum Gasteiger partial charge on any atom is 0.249 e. The Balaban J connectivity index is 1.38. The summed E-state index contributed by atoms with van der Waals surface area (Å²) in [5.41, 5.74) is 10.0. The highest BCUT2D eigenvalue weighted by Gasteiger charge is 2.40. The molecule has 1 saturated heterocycles. The van der Waals surface area contributed by atoms with Gasteiger partial charge in [-0.1, -0.05) is 0 Å². The summed E-state index contributed by atoms with van der Waals surface area (Å²) in [6.07, 6.45) is 4.85. The fourth-order valence-corrected chi connectivity index (χ4v) is 6.29. The lowest BCUT2D eigenvalue weighted by molar-refractivity contribution is -0.143. The normalized spacial score (nSPS) is 15.4. The smallest absolute Gasteiger partial charge is 0.249 e. The van der Waals surface area contributed by atoms with Crippen LogP contribution in [0.25, 0.3) is 10.9 Å². The number of amides is 1. The summed E-state index contributed by atoms with van der Waals surface area (Å²) >= 11 is 1.06. The van der Waals surface area contributed by atoms with Gasteiger partial charge in [-0.15, -0.1) is 11.8 Å². The van der Waals surface area contributed by atoms with E-state index in [1.165, 1.54) is 0 Å². The highest BCUT2D eigenvalue weighted by Crippen LogP contribution is 2.38. The molecule has 210 valence electrons. The average Bonchev–Trinajstić information content (AvgIpc) is 2.95. The molecule has 0 spiro atoms. The predicted octanol–water partition coefficient (Wildman–Crippen LogP) is 4.82. The molecule has 0 unspecified atom stereocenters. The highest BCUT2D eigenvalue weighted by molar-refractivity contribution is 7.99. The van der Waals surface area contributed by atoms with Gasteiger partial charge < -0.3 is 15.4 Å². The van der Waals surface area contributed by atoms with Crippen molar-refractivity contribution in [2.45, 2.75) is 43.5 Å². The molecule has 0 atom stereocenters. The van der Waals surface area contributed by atoms with E-state index in [1.807, 2.05) is 23.7 Å². The number of nitrogens with zero attached hydrogens (tertiary/aromatic N) is 2. The third kappa shape index (κ3) is 6.66. The van der Waals surface area contributed by atoms with Crippen LogP contribution in [0.5, 0.6) is 5.75 Å². The van der Waals surface area contributed by atoms with Crippen molar-refractivity contribution >= 4 is 28.6 Å². The lowest BCUT2D eigenvalue weighted by atomic mass is 9.73. The minimum absolute atomic E-state index is 0.0587. The molecule has 0 aliphatic carbocycles. The number of aromatic nitrogens is 1. The fraction of sp³-hybridized carbons (Fsp3) is 0.429. The van der Waals surface area contributed by atoms with E-state index in [1.54, 1.807) is 13.3 Å². The summed E-state index contributed by atoms with van der Waals surface area (Å²) in [6.45, 7) is 2.13. The Labute approximate surface area is 229 Å². The fourth-order valence-electron chi connectivity index (χ4n) is 5.31. The Bertz CT molecular complexity index is 1310. The number of thioether (sulfide) groups is 1. The van der Waals surface area contributed by atoms with Crippen molar-refractivity contribution in [1.29, 1.82) is 0 Å². The number of halogens is 3. The summed E-state index contributed by atoms with van der Waals surface area (Å²) in [5, 5.41) is 10.5. The number of nitrogens with one attached hydrogen (secondary N) is 1. The van der Waals surface area contributed by atoms with E-state index >= 15 is 0 Å². The van der Waals surface area contributed by atoms with E-state index < -0.39 is 28.8 Å². The maximum atomic E-state index is 13.9. The number of ether oxygens (including phenoxy) is 1. The first-order valence-corrected chi connectivity index (χ1v) is 13.9. The number of carbonyl (C=O) groups excluding carboxylic acids is 1. The highest BCUT2D eigenvalue weighted by atomic mass is 32.2. The van der Waals surface area contributed by atoms with Crippen LogP contribution in [0, 0.1) is 22.9 Å². The summed E-state index contributed by atoms with van der Waals surface area (Å²) in [6, 6.07) is 7.25. The monoisotopic (exact) mass is 562 g/mol. The summed E-state index contributed by atoms with van der Waals surface area (Å²) in [5.74, 6) is -2.28. The molecule has 1 fully saturated rings. The van der Waals surface area contributed by atoms with Crippen LogP contribution in [0.3, 0.4) is 0 Å². The molecule has 7 nitrogen and oxygen atoms in total. The molecule has 3 aromatic rings. The van der Waals surface area contributed by atoms with Crippen LogP contribution in [0.1, 0.15) is 36.8 Å². The molecular weight excluding hydrogens is 529 g/mol. The number of carbonyl (C=O) groups is 1. The van der Waals surface area contributed by atoms with Gasteiger partial charge in [-0.3, -0.25) is 15.0 Å². The molecule has 1 aromatic heterocycles. The van der Waals surface area contributed by atoms with Gasteiger partial charge in [-0.2, -0.15) is 0 Å². The van der Waals surface area contributed by atoms with Crippen molar-refractivity contribution in [3.63, 3.8) is 0 Å². The molecule has 1 aliphatic heterocycles. The lowest BCUT2D eigenvalue weighted by Gasteiger charge is -2.40. The van der Waals surface area contributed by atoms with Crippen LogP contribution >= 0.6 is 11.8 Å². The first kappa shape index (κ1) is 29.1. The Morgan fingerprint density at radius 2 is 2.00 bits per heavy atom. The molecule has 0 radical (unpaired) electrons. The van der Waals surface area contributed by atoms with Gasteiger partial charge in [0.2, 0.25) is 5.91 Å².